The molecule has 1 heterocycles. The Bertz CT molecular complexity index is 448. The molecule has 0 saturated heterocycles. The van der Waals surface area contributed by atoms with Gasteiger partial charge < -0.3 is 5.32 Å². The van der Waals surface area contributed by atoms with Crippen molar-refractivity contribution in [3.8, 4) is 0 Å². The normalized spacial score (nSPS) is 18.7. The summed E-state index contributed by atoms with van der Waals surface area (Å²) >= 11 is 0. The summed E-state index contributed by atoms with van der Waals surface area (Å²) in [6.45, 7) is 9.99. The van der Waals surface area contributed by atoms with E-state index in [0.29, 0.717) is 12.5 Å². The van der Waals surface area contributed by atoms with Crippen molar-refractivity contribution < 1.29 is 4.79 Å². The van der Waals surface area contributed by atoms with Crippen molar-refractivity contribution in [2.45, 2.75) is 33.6 Å². The number of urea groups is 1. The van der Waals surface area contributed by atoms with Gasteiger partial charge in [0.2, 0.25) is 0 Å². The van der Waals surface area contributed by atoms with Crippen molar-refractivity contribution in [3.63, 3.8) is 0 Å². The summed E-state index contributed by atoms with van der Waals surface area (Å²) in [4.78, 5) is 14.1. The number of rotatable bonds is 1. The maximum absolute atomic E-state index is 12.2. The van der Waals surface area contributed by atoms with Crippen LogP contribution in [-0.2, 0) is 0 Å². The van der Waals surface area contributed by atoms with Crippen LogP contribution in [0.2, 0.25) is 0 Å². The van der Waals surface area contributed by atoms with Crippen LogP contribution < -0.4 is 10.2 Å². The SMILES string of the molecule is CC1CN(C(=O)NCC(C)(C)C)c2ccccc21. The van der Waals surface area contributed by atoms with Gasteiger partial charge in [0.05, 0.1) is 0 Å². The van der Waals surface area contributed by atoms with Crippen molar-refractivity contribution in [2.75, 3.05) is 18.0 Å². The van der Waals surface area contributed by atoms with E-state index in [9.17, 15) is 4.79 Å². The fourth-order valence-electron chi connectivity index (χ4n) is 2.25. The van der Waals surface area contributed by atoms with Crippen molar-refractivity contribution >= 4 is 11.7 Å². The van der Waals surface area contributed by atoms with Gasteiger partial charge in [0, 0.05) is 24.7 Å². The standard InChI is InChI=1S/C15H22N2O/c1-11-9-17(13-8-6-5-7-12(11)13)14(18)16-10-15(2,3)4/h5-8,11H,9-10H2,1-4H3,(H,16,18). The molecule has 1 atom stereocenters. The lowest BCUT2D eigenvalue weighted by atomic mass is 9.97. The largest absolute Gasteiger partial charge is 0.337 e. The van der Waals surface area contributed by atoms with Crippen molar-refractivity contribution in [3.05, 3.63) is 29.8 Å². The highest BCUT2D eigenvalue weighted by atomic mass is 16.2. The molecule has 0 aromatic heterocycles. The van der Waals surface area contributed by atoms with Crippen LogP contribution in [0.3, 0.4) is 0 Å². The molecule has 0 fully saturated rings. The highest BCUT2D eigenvalue weighted by Crippen LogP contribution is 2.35. The zero-order valence-corrected chi connectivity index (χ0v) is 11.7. The number of hydrogen-bond acceptors (Lipinski definition) is 1. The van der Waals surface area contributed by atoms with Crippen LogP contribution in [0.4, 0.5) is 10.5 Å². The van der Waals surface area contributed by atoms with Gasteiger partial charge >= 0.3 is 6.03 Å². The fraction of sp³-hybridized carbons (Fsp3) is 0.533. The van der Waals surface area contributed by atoms with Crippen LogP contribution >= 0.6 is 0 Å². The van der Waals surface area contributed by atoms with E-state index < -0.39 is 0 Å². The van der Waals surface area contributed by atoms with Gasteiger partial charge in [-0.15, -0.1) is 0 Å². The van der Waals surface area contributed by atoms with E-state index in [4.69, 9.17) is 0 Å². The minimum atomic E-state index is 0.0155. The first-order valence-corrected chi connectivity index (χ1v) is 6.53. The van der Waals surface area contributed by atoms with E-state index >= 15 is 0 Å². The van der Waals surface area contributed by atoms with E-state index in [1.165, 1.54) is 5.56 Å². The Labute approximate surface area is 109 Å². The van der Waals surface area contributed by atoms with Gasteiger partial charge in [0.1, 0.15) is 0 Å². The molecule has 3 nitrogen and oxygen atoms in total. The first kappa shape index (κ1) is 12.9. The number of fused-ring (bicyclic) bond motifs is 1. The average Bonchev–Trinajstić information content (AvgIpc) is 2.64. The number of carbonyl (C=O) groups excluding carboxylic acids is 1. The highest BCUT2D eigenvalue weighted by molar-refractivity contribution is 5.94. The summed E-state index contributed by atoms with van der Waals surface area (Å²) < 4.78 is 0. The monoisotopic (exact) mass is 246 g/mol. The molecule has 0 spiro atoms. The smallest absolute Gasteiger partial charge is 0.321 e. The summed E-state index contributed by atoms with van der Waals surface area (Å²) in [5.74, 6) is 0.418. The molecule has 1 aromatic carbocycles. The zero-order valence-electron chi connectivity index (χ0n) is 11.7. The molecule has 0 saturated carbocycles. The predicted octanol–water partition coefficient (Wildman–Crippen LogP) is 3.37. The van der Waals surface area contributed by atoms with Gasteiger partial charge in [-0.2, -0.15) is 0 Å². The molecule has 98 valence electrons. The van der Waals surface area contributed by atoms with E-state index in [1.807, 2.05) is 23.1 Å². The van der Waals surface area contributed by atoms with Gasteiger partial charge in [0.15, 0.2) is 0 Å². The number of nitrogens with zero attached hydrogens (tertiary/aromatic N) is 1. The third kappa shape index (κ3) is 2.66. The molecule has 18 heavy (non-hydrogen) atoms. The minimum absolute atomic E-state index is 0.0155. The Morgan fingerprint density at radius 3 is 2.72 bits per heavy atom. The van der Waals surface area contributed by atoms with Gasteiger partial charge in [-0.05, 0) is 17.0 Å². The Kier molecular flexibility index (Phi) is 3.33. The Balaban J connectivity index is 2.10. The van der Waals surface area contributed by atoms with Crippen LogP contribution in [0.1, 0.15) is 39.2 Å². The molecule has 1 aliphatic rings. The maximum Gasteiger partial charge on any atom is 0.321 e. The highest BCUT2D eigenvalue weighted by Gasteiger charge is 2.29. The molecule has 0 radical (unpaired) electrons. The minimum Gasteiger partial charge on any atom is -0.337 e. The Hall–Kier alpha value is -1.51. The number of carbonyl (C=O) groups is 1. The number of para-hydroxylation sites is 1. The molecule has 1 aromatic rings. The van der Waals surface area contributed by atoms with Crippen molar-refractivity contribution in [1.29, 1.82) is 0 Å². The third-order valence-corrected chi connectivity index (χ3v) is 3.23. The van der Waals surface area contributed by atoms with Crippen LogP contribution in [0.25, 0.3) is 0 Å². The van der Waals surface area contributed by atoms with Gasteiger partial charge in [0.25, 0.3) is 0 Å². The number of hydrogen-bond donors (Lipinski definition) is 1. The molecule has 3 heteroatoms. The lowest BCUT2D eigenvalue weighted by molar-refractivity contribution is 0.241. The molecular weight excluding hydrogens is 224 g/mol. The molecule has 0 aliphatic carbocycles. The van der Waals surface area contributed by atoms with Gasteiger partial charge in [-0.3, -0.25) is 4.90 Å². The van der Waals surface area contributed by atoms with Crippen molar-refractivity contribution in [1.82, 2.24) is 5.32 Å². The summed E-state index contributed by atoms with van der Waals surface area (Å²) in [6, 6.07) is 8.17. The first-order chi connectivity index (χ1) is 8.38. The second-order valence-electron chi connectivity index (χ2n) is 6.29. The van der Waals surface area contributed by atoms with Gasteiger partial charge in [-0.25, -0.2) is 4.79 Å². The zero-order chi connectivity index (χ0) is 13.3. The van der Waals surface area contributed by atoms with Crippen LogP contribution in [0.5, 0.6) is 0 Å². The molecule has 2 amide bonds. The average molecular weight is 246 g/mol. The number of anilines is 1. The number of benzene rings is 1. The van der Waals surface area contributed by atoms with E-state index in [1.54, 1.807) is 0 Å². The van der Waals surface area contributed by atoms with Crippen LogP contribution in [-0.4, -0.2) is 19.1 Å². The topological polar surface area (TPSA) is 32.3 Å². The van der Waals surface area contributed by atoms with E-state index in [-0.39, 0.29) is 11.4 Å². The van der Waals surface area contributed by atoms with Crippen molar-refractivity contribution in [2.24, 2.45) is 5.41 Å². The maximum atomic E-state index is 12.2. The summed E-state index contributed by atoms with van der Waals surface area (Å²) in [5.41, 5.74) is 2.43. The van der Waals surface area contributed by atoms with E-state index in [2.05, 4.69) is 39.1 Å². The molecule has 1 N–H and O–H groups in total. The first-order valence-electron chi connectivity index (χ1n) is 6.53. The Morgan fingerprint density at radius 1 is 1.39 bits per heavy atom. The molecule has 0 bridgehead atoms. The number of amides is 2. The van der Waals surface area contributed by atoms with Crippen LogP contribution in [0.15, 0.2) is 24.3 Å². The number of nitrogens with one attached hydrogen (secondary N) is 1. The third-order valence-electron chi connectivity index (χ3n) is 3.23. The molecular formula is C15H22N2O. The molecule has 2 rings (SSSR count). The van der Waals surface area contributed by atoms with E-state index in [0.717, 1.165) is 12.2 Å². The lowest BCUT2D eigenvalue weighted by Gasteiger charge is -2.23. The summed E-state index contributed by atoms with van der Waals surface area (Å²) in [5, 5.41) is 3.01. The summed E-state index contributed by atoms with van der Waals surface area (Å²) in [7, 11) is 0. The second kappa shape index (κ2) is 4.63. The lowest BCUT2D eigenvalue weighted by Crippen LogP contribution is -2.42. The Morgan fingerprint density at radius 2 is 2.06 bits per heavy atom. The predicted molar refractivity (Wildman–Crippen MR) is 75.1 cm³/mol. The second-order valence-corrected chi connectivity index (χ2v) is 6.29. The van der Waals surface area contributed by atoms with Gasteiger partial charge in [-0.1, -0.05) is 45.9 Å². The molecule has 1 unspecified atom stereocenters. The van der Waals surface area contributed by atoms with Crippen LogP contribution in [0, 0.1) is 5.41 Å². The molecule has 1 aliphatic heterocycles. The fourth-order valence-corrected chi connectivity index (χ4v) is 2.25. The quantitative estimate of drug-likeness (QED) is 0.809. The summed E-state index contributed by atoms with van der Waals surface area (Å²) in [6.07, 6.45) is 0.